The minimum absolute atomic E-state index is 0.249. The lowest BCUT2D eigenvalue weighted by Gasteiger charge is -2.27. The highest BCUT2D eigenvalue weighted by atomic mass is 16.6. The molecule has 1 aliphatic heterocycles. The SMILES string of the molecule is CCOC(O)c1nnc2n1CCN(Cc1nc3c4cccc(OC)c4nc(N)n3n1)C2. The Bertz CT molecular complexity index is 1250. The molecule has 1 unspecified atom stereocenters. The normalized spacial score (nSPS) is 15.5. The fraction of sp³-hybridized carbons (Fsp3) is 0.421. The molecule has 1 aromatic carbocycles. The Morgan fingerprint density at radius 3 is 2.90 bits per heavy atom. The molecule has 31 heavy (non-hydrogen) atoms. The van der Waals surface area contributed by atoms with Crippen LogP contribution in [-0.4, -0.2) is 64.6 Å². The van der Waals surface area contributed by atoms with E-state index in [1.54, 1.807) is 11.6 Å². The van der Waals surface area contributed by atoms with Gasteiger partial charge < -0.3 is 24.9 Å². The van der Waals surface area contributed by atoms with Crippen LogP contribution in [0.1, 0.15) is 30.7 Å². The van der Waals surface area contributed by atoms with E-state index >= 15 is 0 Å². The van der Waals surface area contributed by atoms with E-state index in [-0.39, 0.29) is 5.95 Å². The van der Waals surface area contributed by atoms with Gasteiger partial charge in [-0.25, -0.2) is 9.97 Å². The summed E-state index contributed by atoms with van der Waals surface area (Å²) in [4.78, 5) is 11.3. The highest BCUT2D eigenvalue weighted by Gasteiger charge is 2.26. The van der Waals surface area contributed by atoms with E-state index in [0.717, 1.165) is 17.8 Å². The topological polar surface area (TPSA) is 142 Å². The van der Waals surface area contributed by atoms with Gasteiger partial charge in [-0.3, -0.25) is 4.90 Å². The first-order chi connectivity index (χ1) is 15.1. The number of rotatable bonds is 6. The molecule has 1 aliphatic rings. The zero-order chi connectivity index (χ0) is 21.5. The maximum Gasteiger partial charge on any atom is 0.223 e. The van der Waals surface area contributed by atoms with Gasteiger partial charge in [-0.2, -0.15) is 4.52 Å². The van der Waals surface area contributed by atoms with Gasteiger partial charge in [0.1, 0.15) is 17.1 Å². The molecule has 1 atom stereocenters. The Morgan fingerprint density at radius 2 is 2.10 bits per heavy atom. The zero-order valence-electron chi connectivity index (χ0n) is 17.3. The van der Waals surface area contributed by atoms with E-state index in [9.17, 15) is 5.11 Å². The van der Waals surface area contributed by atoms with Crippen LogP contribution in [0.2, 0.25) is 0 Å². The number of nitrogen functional groups attached to an aromatic ring is 1. The van der Waals surface area contributed by atoms with Gasteiger partial charge in [0.05, 0.1) is 20.2 Å². The third kappa shape index (κ3) is 3.34. The number of fused-ring (bicyclic) bond motifs is 4. The van der Waals surface area contributed by atoms with Crippen LogP contribution >= 0.6 is 0 Å². The van der Waals surface area contributed by atoms with Crippen molar-refractivity contribution in [2.75, 3.05) is 26.0 Å². The van der Waals surface area contributed by atoms with Crippen LogP contribution in [0.3, 0.4) is 0 Å². The van der Waals surface area contributed by atoms with Gasteiger partial charge in [0.25, 0.3) is 0 Å². The monoisotopic (exact) mass is 425 g/mol. The van der Waals surface area contributed by atoms with Crippen molar-refractivity contribution in [1.82, 2.24) is 39.2 Å². The standard InChI is InChI=1S/C19H23N9O3/c1-3-31-18(29)17-24-23-14-10-26(7-8-27(14)17)9-13-21-16-11-5-4-6-12(30-2)15(11)22-19(20)28(16)25-13/h4-6,18,29H,3,7-10H2,1-2H3,(H2,20,22). The summed E-state index contributed by atoms with van der Waals surface area (Å²) in [6.45, 7) is 4.66. The number of aromatic nitrogens is 7. The number of aliphatic hydroxyl groups excluding tert-OH is 1. The number of nitrogens with two attached hydrogens (primary N) is 1. The molecule has 4 aromatic rings. The Morgan fingerprint density at radius 1 is 1.23 bits per heavy atom. The van der Waals surface area contributed by atoms with Crippen LogP contribution in [0, 0.1) is 0 Å². The molecule has 5 rings (SSSR count). The predicted molar refractivity (Wildman–Crippen MR) is 110 cm³/mol. The maximum absolute atomic E-state index is 10.1. The van der Waals surface area contributed by atoms with Crippen LogP contribution in [0.4, 0.5) is 5.95 Å². The Labute approximate surface area is 177 Å². The lowest BCUT2D eigenvalue weighted by atomic mass is 10.2. The highest BCUT2D eigenvalue weighted by molar-refractivity contribution is 5.95. The second kappa shape index (κ2) is 7.72. The smallest absolute Gasteiger partial charge is 0.223 e. The van der Waals surface area contributed by atoms with Gasteiger partial charge in [-0.05, 0) is 19.1 Å². The van der Waals surface area contributed by atoms with E-state index < -0.39 is 6.29 Å². The molecule has 12 heteroatoms. The third-order valence-electron chi connectivity index (χ3n) is 5.33. The van der Waals surface area contributed by atoms with E-state index in [0.29, 0.717) is 54.8 Å². The van der Waals surface area contributed by atoms with Crippen molar-refractivity contribution in [3.05, 3.63) is 35.7 Å². The summed E-state index contributed by atoms with van der Waals surface area (Å²) in [5.41, 5.74) is 7.43. The van der Waals surface area contributed by atoms with Crippen molar-refractivity contribution in [3.63, 3.8) is 0 Å². The molecule has 12 nitrogen and oxygen atoms in total. The van der Waals surface area contributed by atoms with Crippen molar-refractivity contribution >= 4 is 22.5 Å². The van der Waals surface area contributed by atoms with Crippen molar-refractivity contribution in [3.8, 4) is 5.75 Å². The molecule has 162 valence electrons. The van der Waals surface area contributed by atoms with Gasteiger partial charge in [0, 0.05) is 25.1 Å². The number of hydrogen-bond acceptors (Lipinski definition) is 10. The van der Waals surface area contributed by atoms with Gasteiger partial charge in [-0.15, -0.1) is 15.3 Å². The van der Waals surface area contributed by atoms with Crippen LogP contribution in [-0.2, 0) is 24.4 Å². The quantitative estimate of drug-likeness (QED) is 0.419. The number of aliphatic hydroxyl groups is 1. The Kier molecular flexibility index (Phi) is 4.88. The summed E-state index contributed by atoms with van der Waals surface area (Å²) in [6, 6.07) is 5.65. The summed E-state index contributed by atoms with van der Waals surface area (Å²) < 4.78 is 14.1. The average Bonchev–Trinajstić information content (AvgIpc) is 3.38. The van der Waals surface area contributed by atoms with Gasteiger partial charge >= 0.3 is 0 Å². The number of para-hydroxylation sites is 1. The van der Waals surface area contributed by atoms with E-state index in [1.165, 1.54) is 0 Å². The summed E-state index contributed by atoms with van der Waals surface area (Å²) in [6.07, 6.45) is -1.07. The zero-order valence-corrected chi connectivity index (χ0v) is 17.3. The fourth-order valence-electron chi connectivity index (χ4n) is 3.88. The van der Waals surface area contributed by atoms with Crippen LogP contribution in [0.25, 0.3) is 16.6 Å². The molecule has 3 aromatic heterocycles. The molecule has 0 radical (unpaired) electrons. The molecule has 0 spiro atoms. The van der Waals surface area contributed by atoms with E-state index in [4.69, 9.17) is 20.2 Å². The molecule has 3 N–H and O–H groups in total. The minimum Gasteiger partial charge on any atom is -0.494 e. The van der Waals surface area contributed by atoms with Gasteiger partial charge in [0.2, 0.25) is 12.2 Å². The summed E-state index contributed by atoms with van der Waals surface area (Å²) in [5, 5.41) is 23.8. The predicted octanol–water partition coefficient (Wildman–Crippen LogP) is 0.503. The fourth-order valence-corrected chi connectivity index (χ4v) is 3.88. The highest BCUT2D eigenvalue weighted by Crippen LogP contribution is 2.27. The summed E-state index contributed by atoms with van der Waals surface area (Å²) >= 11 is 0. The first-order valence-corrected chi connectivity index (χ1v) is 10.0. The number of ether oxygens (including phenoxy) is 2. The number of hydrogen-bond donors (Lipinski definition) is 2. The summed E-state index contributed by atoms with van der Waals surface area (Å²) in [5.74, 6) is 2.71. The van der Waals surface area contributed by atoms with Crippen LogP contribution in [0.5, 0.6) is 5.75 Å². The summed E-state index contributed by atoms with van der Waals surface area (Å²) in [7, 11) is 1.60. The minimum atomic E-state index is -1.07. The second-order valence-corrected chi connectivity index (χ2v) is 7.23. The van der Waals surface area contributed by atoms with E-state index in [1.807, 2.05) is 29.7 Å². The molecule has 0 fully saturated rings. The Balaban J connectivity index is 1.42. The Hall–Kier alpha value is -3.35. The number of benzene rings is 1. The van der Waals surface area contributed by atoms with Crippen LogP contribution in [0.15, 0.2) is 18.2 Å². The first-order valence-electron chi connectivity index (χ1n) is 10.0. The number of nitrogens with zero attached hydrogens (tertiary/aromatic N) is 8. The molecule has 0 saturated carbocycles. The van der Waals surface area contributed by atoms with Crippen molar-refractivity contribution < 1.29 is 14.6 Å². The first kappa shape index (κ1) is 19.6. The number of anilines is 1. The molecular weight excluding hydrogens is 402 g/mol. The van der Waals surface area contributed by atoms with Crippen molar-refractivity contribution in [1.29, 1.82) is 0 Å². The second-order valence-electron chi connectivity index (χ2n) is 7.23. The average molecular weight is 425 g/mol. The molecule has 4 heterocycles. The largest absolute Gasteiger partial charge is 0.494 e. The maximum atomic E-state index is 10.1. The van der Waals surface area contributed by atoms with Gasteiger partial charge in [-0.1, -0.05) is 6.07 Å². The molecule has 0 saturated heterocycles. The van der Waals surface area contributed by atoms with Crippen molar-refractivity contribution in [2.45, 2.75) is 32.8 Å². The molecule has 0 aliphatic carbocycles. The van der Waals surface area contributed by atoms with Crippen molar-refractivity contribution in [2.24, 2.45) is 0 Å². The number of methoxy groups -OCH3 is 1. The van der Waals surface area contributed by atoms with E-state index in [2.05, 4.69) is 25.2 Å². The molecule has 0 amide bonds. The van der Waals surface area contributed by atoms with Crippen LogP contribution < -0.4 is 10.5 Å². The lowest BCUT2D eigenvalue weighted by Crippen LogP contribution is -2.34. The molecule has 0 bridgehead atoms. The van der Waals surface area contributed by atoms with Gasteiger partial charge in [0.15, 0.2) is 17.3 Å². The third-order valence-corrected chi connectivity index (χ3v) is 5.33. The lowest BCUT2D eigenvalue weighted by molar-refractivity contribution is -0.106. The molecular formula is C19H23N9O3.